The fourth-order valence-corrected chi connectivity index (χ4v) is 5.17. The molecule has 13 heteroatoms. The number of hydrogen-bond donors (Lipinski definition) is 2. The number of rotatable bonds is 5. The highest BCUT2D eigenvalue weighted by atomic mass is 32.2. The number of hydrogen-bond acceptors (Lipinski definition) is 7. The second-order valence-corrected chi connectivity index (χ2v) is 9.26. The summed E-state index contributed by atoms with van der Waals surface area (Å²) in [6.07, 6.45) is -8.04. The highest BCUT2D eigenvalue weighted by molar-refractivity contribution is 7.89. The van der Waals surface area contributed by atoms with Crippen molar-refractivity contribution in [1.82, 2.24) is 4.72 Å². The van der Waals surface area contributed by atoms with Gasteiger partial charge in [0, 0.05) is 5.69 Å². The van der Waals surface area contributed by atoms with Crippen LogP contribution in [0.2, 0.25) is 0 Å². The van der Waals surface area contributed by atoms with Crippen molar-refractivity contribution in [1.29, 1.82) is 5.26 Å². The molecule has 0 radical (unpaired) electrons. The van der Waals surface area contributed by atoms with E-state index in [1.165, 1.54) is 24.3 Å². The lowest BCUT2D eigenvalue weighted by molar-refractivity contribution is -0.137. The van der Waals surface area contributed by atoms with Gasteiger partial charge in [-0.3, -0.25) is 5.32 Å². The van der Waals surface area contributed by atoms with Gasteiger partial charge >= 0.3 is 12.3 Å². The second kappa shape index (κ2) is 9.22. The Morgan fingerprint density at radius 2 is 1.82 bits per heavy atom. The Morgan fingerprint density at radius 3 is 2.56 bits per heavy atom. The van der Waals surface area contributed by atoms with Gasteiger partial charge in [-0.05, 0) is 30.3 Å². The highest BCUT2D eigenvalue weighted by Crippen LogP contribution is 2.32. The van der Waals surface area contributed by atoms with Gasteiger partial charge in [0.2, 0.25) is 10.0 Å². The van der Waals surface area contributed by atoms with E-state index in [1.807, 2.05) is 6.07 Å². The fraction of sp³-hybridized carbons (Fsp3) is 0.333. The first-order valence-corrected chi connectivity index (χ1v) is 11.5. The van der Waals surface area contributed by atoms with E-state index in [1.54, 1.807) is 6.07 Å². The third kappa shape index (κ3) is 5.00. The van der Waals surface area contributed by atoms with Gasteiger partial charge in [0.15, 0.2) is 6.10 Å². The zero-order valence-corrected chi connectivity index (χ0v) is 18.1. The number of ether oxygens (including phenoxy) is 3. The van der Waals surface area contributed by atoms with Gasteiger partial charge in [-0.1, -0.05) is 18.2 Å². The summed E-state index contributed by atoms with van der Waals surface area (Å²) in [7, 11) is -4.07. The van der Waals surface area contributed by atoms with Crippen molar-refractivity contribution in [3.05, 3.63) is 59.7 Å². The smallest absolute Gasteiger partial charge is 0.416 e. The Balaban J connectivity index is 1.38. The Morgan fingerprint density at radius 1 is 1.09 bits per heavy atom. The van der Waals surface area contributed by atoms with E-state index in [0.29, 0.717) is 0 Å². The minimum absolute atomic E-state index is 0.0229. The molecule has 1 amide bonds. The van der Waals surface area contributed by atoms with Crippen LogP contribution in [0.15, 0.2) is 53.4 Å². The molecule has 0 aromatic heterocycles. The van der Waals surface area contributed by atoms with Gasteiger partial charge in [0.05, 0.1) is 35.3 Å². The summed E-state index contributed by atoms with van der Waals surface area (Å²) in [5.41, 5.74) is -1.06. The average Bonchev–Trinajstić information content (AvgIpc) is 3.36. The number of nitrogens with zero attached hydrogens (tertiary/aromatic N) is 1. The lowest BCUT2D eigenvalue weighted by Gasteiger charge is -2.18. The lowest BCUT2D eigenvalue weighted by atomic mass is 10.1. The zero-order chi connectivity index (χ0) is 24.5. The van der Waals surface area contributed by atoms with Crippen molar-refractivity contribution < 1.29 is 40.6 Å². The predicted octanol–water partition coefficient (Wildman–Crippen LogP) is 2.64. The summed E-state index contributed by atoms with van der Waals surface area (Å²) in [6, 6.07) is 10.8. The number of fused-ring (bicyclic) bond motifs is 1. The number of carbonyl (C=O) groups excluding carboxylic acids is 1. The van der Waals surface area contributed by atoms with Crippen molar-refractivity contribution >= 4 is 21.8 Å². The van der Waals surface area contributed by atoms with Crippen molar-refractivity contribution in [2.45, 2.75) is 35.4 Å². The van der Waals surface area contributed by atoms with E-state index in [4.69, 9.17) is 14.2 Å². The molecule has 0 spiro atoms. The zero-order valence-electron chi connectivity index (χ0n) is 17.3. The SMILES string of the molecule is N#Cc1ccccc1S(=O)(=O)NC1COC2C(OC(=O)Nc3cccc(C(F)(F)F)c3)COC12. The molecule has 4 atom stereocenters. The molecule has 4 unspecified atom stereocenters. The molecule has 2 saturated heterocycles. The standard InChI is InChI=1S/C21H18F3N3O6S/c22-21(23,24)13-5-3-6-14(8-13)26-20(28)33-16-11-32-18-15(10-31-19(16)18)27-34(29,30)17-7-2-1-4-12(17)9-25/h1-8,15-16,18-19,27H,10-11H2,(H,26,28). The molecule has 4 rings (SSSR count). The van der Waals surface area contributed by atoms with E-state index in [0.717, 1.165) is 18.2 Å². The number of nitriles is 1. The Bertz CT molecular complexity index is 1230. The predicted molar refractivity (Wildman–Crippen MR) is 110 cm³/mol. The molecule has 2 aliphatic heterocycles. The third-order valence-corrected chi connectivity index (χ3v) is 6.85. The normalized spacial score (nSPS) is 24.3. The van der Waals surface area contributed by atoms with Crippen LogP contribution in [0, 0.1) is 11.3 Å². The van der Waals surface area contributed by atoms with Gasteiger partial charge < -0.3 is 14.2 Å². The van der Waals surface area contributed by atoms with Crippen LogP contribution in [0.5, 0.6) is 0 Å². The van der Waals surface area contributed by atoms with Crippen LogP contribution in [-0.4, -0.2) is 52.1 Å². The molecule has 2 aromatic carbocycles. The first kappa shape index (κ1) is 24.0. The van der Waals surface area contributed by atoms with Crippen molar-refractivity contribution in [2.75, 3.05) is 18.5 Å². The lowest BCUT2D eigenvalue weighted by Crippen LogP contribution is -2.44. The first-order valence-electron chi connectivity index (χ1n) is 9.98. The van der Waals surface area contributed by atoms with Crippen LogP contribution in [-0.2, 0) is 30.4 Å². The highest BCUT2D eigenvalue weighted by Gasteiger charge is 2.50. The number of sulfonamides is 1. The van der Waals surface area contributed by atoms with Crippen LogP contribution in [0.4, 0.5) is 23.7 Å². The minimum atomic E-state index is -4.57. The van der Waals surface area contributed by atoms with Crippen molar-refractivity contribution in [2.24, 2.45) is 0 Å². The van der Waals surface area contributed by atoms with Crippen LogP contribution in [0.25, 0.3) is 0 Å². The van der Waals surface area contributed by atoms with Crippen LogP contribution in [0.1, 0.15) is 11.1 Å². The number of nitrogens with one attached hydrogen (secondary N) is 2. The molecule has 34 heavy (non-hydrogen) atoms. The van der Waals surface area contributed by atoms with Gasteiger partial charge in [-0.15, -0.1) is 0 Å². The largest absolute Gasteiger partial charge is 0.441 e. The molecule has 0 bridgehead atoms. The Hall–Kier alpha value is -3.18. The maximum atomic E-state index is 12.8. The molecule has 2 N–H and O–H groups in total. The number of benzene rings is 2. The number of halogens is 3. The molecule has 9 nitrogen and oxygen atoms in total. The van der Waals surface area contributed by atoms with Crippen LogP contribution < -0.4 is 10.0 Å². The fourth-order valence-electron chi connectivity index (χ4n) is 3.78. The average molecular weight is 497 g/mol. The van der Waals surface area contributed by atoms with Crippen molar-refractivity contribution in [3.63, 3.8) is 0 Å². The third-order valence-electron chi connectivity index (χ3n) is 5.31. The molecule has 0 saturated carbocycles. The molecule has 2 fully saturated rings. The topological polar surface area (TPSA) is 127 Å². The number of alkyl halides is 3. The quantitative estimate of drug-likeness (QED) is 0.650. The molecule has 180 valence electrons. The van der Waals surface area contributed by atoms with E-state index in [2.05, 4.69) is 10.0 Å². The molecule has 2 heterocycles. The molecular formula is C21H18F3N3O6S. The van der Waals surface area contributed by atoms with E-state index >= 15 is 0 Å². The molecule has 2 aliphatic rings. The summed E-state index contributed by atoms with van der Waals surface area (Å²) < 4.78 is 82.9. The summed E-state index contributed by atoms with van der Waals surface area (Å²) in [4.78, 5) is 12.0. The van der Waals surface area contributed by atoms with Crippen LogP contribution in [0.3, 0.4) is 0 Å². The Kier molecular flexibility index (Phi) is 6.50. The summed E-state index contributed by atoms with van der Waals surface area (Å²) in [6.45, 7) is -0.170. The minimum Gasteiger partial charge on any atom is -0.441 e. The van der Waals surface area contributed by atoms with E-state index in [-0.39, 0.29) is 29.4 Å². The van der Waals surface area contributed by atoms with Crippen LogP contribution >= 0.6 is 0 Å². The number of carbonyl (C=O) groups is 1. The van der Waals surface area contributed by atoms with Gasteiger partial charge in [-0.25, -0.2) is 17.9 Å². The van der Waals surface area contributed by atoms with Gasteiger partial charge in [0.25, 0.3) is 0 Å². The van der Waals surface area contributed by atoms with Gasteiger partial charge in [-0.2, -0.15) is 18.4 Å². The molecular weight excluding hydrogens is 479 g/mol. The van der Waals surface area contributed by atoms with Gasteiger partial charge in [0.1, 0.15) is 18.3 Å². The first-order chi connectivity index (χ1) is 16.1. The van der Waals surface area contributed by atoms with Crippen molar-refractivity contribution in [3.8, 4) is 6.07 Å². The molecule has 2 aromatic rings. The summed E-state index contributed by atoms with van der Waals surface area (Å²) in [5.74, 6) is 0. The summed E-state index contributed by atoms with van der Waals surface area (Å²) >= 11 is 0. The number of anilines is 1. The van der Waals surface area contributed by atoms with E-state index < -0.39 is 52.2 Å². The maximum absolute atomic E-state index is 12.8. The Labute approximate surface area is 192 Å². The maximum Gasteiger partial charge on any atom is 0.416 e. The monoisotopic (exact) mass is 497 g/mol. The number of amides is 1. The summed E-state index contributed by atoms with van der Waals surface area (Å²) in [5, 5.41) is 11.4. The second-order valence-electron chi connectivity index (χ2n) is 7.58. The van der Waals surface area contributed by atoms with E-state index in [9.17, 15) is 31.6 Å². The molecule has 0 aliphatic carbocycles.